The monoisotopic (exact) mass is 256 g/mol. The molecule has 0 unspecified atom stereocenters. The van der Waals surface area contributed by atoms with E-state index in [0.29, 0.717) is 0 Å². The van der Waals surface area contributed by atoms with Crippen LogP contribution in [0.25, 0.3) is 0 Å². The van der Waals surface area contributed by atoms with Crippen molar-refractivity contribution in [1.82, 2.24) is 10.2 Å². The van der Waals surface area contributed by atoms with Crippen molar-refractivity contribution < 1.29 is 4.74 Å². The molecule has 0 radical (unpaired) electrons. The van der Waals surface area contributed by atoms with Crippen LogP contribution in [-0.2, 0) is 6.54 Å². The number of hydrogen-bond acceptors (Lipinski definition) is 3. The van der Waals surface area contributed by atoms with Crippen molar-refractivity contribution in [2.45, 2.75) is 13.0 Å². The Morgan fingerprint density at radius 2 is 1.94 bits per heavy atom. The summed E-state index contributed by atoms with van der Waals surface area (Å²) in [5, 5.41) is 3.42. The van der Waals surface area contributed by atoms with Crippen molar-refractivity contribution in [3.05, 3.63) is 29.8 Å². The molecular formula is C13H21ClN2O. The Morgan fingerprint density at radius 1 is 1.18 bits per heavy atom. The van der Waals surface area contributed by atoms with E-state index in [9.17, 15) is 0 Å². The summed E-state index contributed by atoms with van der Waals surface area (Å²) in [7, 11) is 1.70. The van der Waals surface area contributed by atoms with Gasteiger partial charge >= 0.3 is 0 Å². The lowest BCUT2D eigenvalue weighted by molar-refractivity contribution is 0.284. The second kappa shape index (κ2) is 7.54. The van der Waals surface area contributed by atoms with Gasteiger partial charge in [0, 0.05) is 19.6 Å². The first-order valence-corrected chi connectivity index (χ1v) is 5.94. The zero-order valence-corrected chi connectivity index (χ0v) is 11.1. The Kier molecular flexibility index (Phi) is 6.34. The summed E-state index contributed by atoms with van der Waals surface area (Å²) in [5.74, 6) is 0.932. The van der Waals surface area contributed by atoms with Gasteiger partial charge in [0.05, 0.1) is 7.11 Å². The fourth-order valence-electron chi connectivity index (χ4n) is 2.05. The fourth-order valence-corrected chi connectivity index (χ4v) is 2.05. The van der Waals surface area contributed by atoms with Gasteiger partial charge in [-0.15, -0.1) is 12.4 Å². The molecule has 1 heterocycles. The molecule has 3 nitrogen and oxygen atoms in total. The molecule has 17 heavy (non-hydrogen) atoms. The Labute approximate surface area is 110 Å². The van der Waals surface area contributed by atoms with Crippen molar-refractivity contribution in [2.24, 2.45) is 0 Å². The van der Waals surface area contributed by atoms with E-state index in [0.717, 1.165) is 31.9 Å². The highest BCUT2D eigenvalue weighted by Crippen LogP contribution is 2.13. The van der Waals surface area contributed by atoms with Crippen LogP contribution in [0.2, 0.25) is 0 Å². The van der Waals surface area contributed by atoms with Crippen LogP contribution in [0.4, 0.5) is 0 Å². The van der Waals surface area contributed by atoms with Crippen molar-refractivity contribution in [3.63, 3.8) is 0 Å². The lowest BCUT2D eigenvalue weighted by Gasteiger charge is -2.19. The van der Waals surface area contributed by atoms with Crippen LogP contribution in [-0.4, -0.2) is 38.2 Å². The molecule has 1 N–H and O–H groups in total. The van der Waals surface area contributed by atoms with E-state index >= 15 is 0 Å². The third kappa shape index (κ3) is 4.54. The quantitative estimate of drug-likeness (QED) is 0.894. The van der Waals surface area contributed by atoms with E-state index in [1.54, 1.807) is 7.11 Å². The average Bonchev–Trinajstić information content (AvgIpc) is 2.59. The van der Waals surface area contributed by atoms with Crippen molar-refractivity contribution in [1.29, 1.82) is 0 Å². The molecule has 0 bridgehead atoms. The van der Waals surface area contributed by atoms with Gasteiger partial charge in [0.1, 0.15) is 5.75 Å². The minimum absolute atomic E-state index is 0. The van der Waals surface area contributed by atoms with Crippen LogP contribution in [0, 0.1) is 0 Å². The van der Waals surface area contributed by atoms with E-state index in [1.165, 1.54) is 18.5 Å². The number of methoxy groups -OCH3 is 1. The average molecular weight is 257 g/mol. The van der Waals surface area contributed by atoms with E-state index in [4.69, 9.17) is 4.74 Å². The maximum Gasteiger partial charge on any atom is 0.118 e. The predicted octanol–water partition coefficient (Wildman–Crippen LogP) is 1.91. The Bertz CT molecular complexity index is 308. The zero-order chi connectivity index (χ0) is 11.2. The van der Waals surface area contributed by atoms with Gasteiger partial charge in [-0.25, -0.2) is 0 Å². The van der Waals surface area contributed by atoms with Gasteiger partial charge in [0.15, 0.2) is 0 Å². The second-order valence-corrected chi connectivity index (χ2v) is 4.23. The molecule has 0 aliphatic carbocycles. The number of ether oxygens (including phenoxy) is 1. The standard InChI is InChI=1S/C13H20N2O.ClH/c1-16-13-5-3-12(4-6-13)11-15-9-2-7-14-8-10-15;/h3-6,14H,2,7-11H2,1H3;1H. The summed E-state index contributed by atoms with van der Waals surface area (Å²) in [4.78, 5) is 2.50. The van der Waals surface area contributed by atoms with E-state index < -0.39 is 0 Å². The predicted molar refractivity (Wildman–Crippen MR) is 73.0 cm³/mol. The van der Waals surface area contributed by atoms with Crippen molar-refractivity contribution in [3.8, 4) is 5.75 Å². The summed E-state index contributed by atoms with van der Waals surface area (Å²) < 4.78 is 5.16. The summed E-state index contributed by atoms with van der Waals surface area (Å²) in [5.41, 5.74) is 1.36. The number of halogens is 1. The number of benzene rings is 1. The Balaban J connectivity index is 0.00000144. The molecule has 1 saturated heterocycles. The van der Waals surface area contributed by atoms with Crippen LogP contribution >= 0.6 is 12.4 Å². The summed E-state index contributed by atoms with van der Waals surface area (Å²) in [6.45, 7) is 5.64. The van der Waals surface area contributed by atoms with Gasteiger partial charge < -0.3 is 10.1 Å². The number of rotatable bonds is 3. The van der Waals surface area contributed by atoms with E-state index in [1.807, 2.05) is 12.1 Å². The molecule has 1 aromatic carbocycles. The third-order valence-corrected chi connectivity index (χ3v) is 3.00. The zero-order valence-electron chi connectivity index (χ0n) is 10.3. The lowest BCUT2D eigenvalue weighted by Crippen LogP contribution is -2.27. The van der Waals surface area contributed by atoms with Gasteiger partial charge in [-0.1, -0.05) is 12.1 Å². The molecule has 0 atom stereocenters. The van der Waals surface area contributed by atoms with Gasteiger partial charge in [-0.05, 0) is 37.2 Å². The fraction of sp³-hybridized carbons (Fsp3) is 0.538. The van der Waals surface area contributed by atoms with Crippen molar-refractivity contribution >= 4 is 12.4 Å². The van der Waals surface area contributed by atoms with E-state index in [-0.39, 0.29) is 12.4 Å². The molecule has 96 valence electrons. The highest BCUT2D eigenvalue weighted by molar-refractivity contribution is 5.85. The lowest BCUT2D eigenvalue weighted by atomic mass is 10.2. The van der Waals surface area contributed by atoms with Crippen LogP contribution in [0.1, 0.15) is 12.0 Å². The third-order valence-electron chi connectivity index (χ3n) is 3.00. The summed E-state index contributed by atoms with van der Waals surface area (Å²) in [6.07, 6.45) is 1.25. The Morgan fingerprint density at radius 3 is 2.65 bits per heavy atom. The summed E-state index contributed by atoms with van der Waals surface area (Å²) in [6, 6.07) is 8.37. The topological polar surface area (TPSA) is 24.5 Å². The maximum atomic E-state index is 5.16. The largest absolute Gasteiger partial charge is 0.497 e. The van der Waals surface area contributed by atoms with Crippen LogP contribution in [0.15, 0.2) is 24.3 Å². The molecule has 0 amide bonds. The molecular weight excluding hydrogens is 236 g/mol. The summed E-state index contributed by atoms with van der Waals surface area (Å²) >= 11 is 0. The smallest absolute Gasteiger partial charge is 0.118 e. The normalized spacial score (nSPS) is 17.0. The number of hydrogen-bond donors (Lipinski definition) is 1. The Hall–Kier alpha value is -0.770. The minimum atomic E-state index is 0. The van der Waals surface area contributed by atoms with Crippen LogP contribution in [0.3, 0.4) is 0 Å². The molecule has 4 heteroatoms. The first-order chi connectivity index (χ1) is 7.88. The van der Waals surface area contributed by atoms with Gasteiger partial charge in [0.25, 0.3) is 0 Å². The first-order valence-electron chi connectivity index (χ1n) is 5.94. The SMILES string of the molecule is COc1ccc(CN2CCCNCC2)cc1.Cl. The highest BCUT2D eigenvalue weighted by Gasteiger charge is 2.08. The molecule has 0 saturated carbocycles. The van der Waals surface area contributed by atoms with Gasteiger partial charge in [0.2, 0.25) is 0 Å². The molecule has 1 fully saturated rings. The second-order valence-electron chi connectivity index (χ2n) is 4.23. The molecule has 2 rings (SSSR count). The number of nitrogens with one attached hydrogen (secondary N) is 1. The number of nitrogens with zero attached hydrogens (tertiary/aromatic N) is 1. The van der Waals surface area contributed by atoms with Crippen LogP contribution in [0.5, 0.6) is 5.75 Å². The molecule has 1 aliphatic heterocycles. The van der Waals surface area contributed by atoms with E-state index in [2.05, 4.69) is 22.3 Å². The molecule has 1 aliphatic rings. The van der Waals surface area contributed by atoms with Crippen LogP contribution < -0.4 is 10.1 Å². The maximum absolute atomic E-state index is 5.16. The molecule has 1 aromatic rings. The molecule has 0 aromatic heterocycles. The first kappa shape index (κ1) is 14.3. The minimum Gasteiger partial charge on any atom is -0.497 e. The van der Waals surface area contributed by atoms with Gasteiger partial charge in [-0.3, -0.25) is 4.90 Å². The highest BCUT2D eigenvalue weighted by atomic mass is 35.5. The molecule has 0 spiro atoms. The van der Waals surface area contributed by atoms with Gasteiger partial charge in [-0.2, -0.15) is 0 Å². The van der Waals surface area contributed by atoms with Crippen molar-refractivity contribution in [2.75, 3.05) is 33.3 Å².